The summed E-state index contributed by atoms with van der Waals surface area (Å²) < 4.78 is 10.9. The topological polar surface area (TPSA) is 114 Å². The maximum atomic E-state index is 12.9. The molecule has 0 aromatic heterocycles. The van der Waals surface area contributed by atoms with Gasteiger partial charge < -0.3 is 25.2 Å². The van der Waals surface area contributed by atoms with Gasteiger partial charge in [-0.3, -0.25) is 0 Å². The number of amides is 2. The molecule has 0 heterocycles. The van der Waals surface area contributed by atoms with Crippen LogP contribution in [-0.4, -0.2) is 42.0 Å². The van der Waals surface area contributed by atoms with Gasteiger partial charge in [0.1, 0.15) is 12.2 Å². The fourth-order valence-electron chi connectivity index (χ4n) is 4.39. The molecule has 1 aliphatic rings. The highest BCUT2D eigenvalue weighted by molar-refractivity contribution is 5.87. The van der Waals surface area contributed by atoms with Crippen molar-refractivity contribution in [2.45, 2.75) is 38.3 Å². The summed E-state index contributed by atoms with van der Waals surface area (Å²) in [5.74, 6) is -1.15. The second-order valence-corrected chi connectivity index (χ2v) is 9.83. The lowest BCUT2D eigenvalue weighted by Crippen LogP contribution is -2.40. The van der Waals surface area contributed by atoms with Crippen LogP contribution in [0, 0.1) is 0 Å². The number of fused-ring (bicyclic) bond motifs is 3. The number of benzene rings is 3. The van der Waals surface area contributed by atoms with E-state index in [0.717, 1.165) is 22.3 Å². The van der Waals surface area contributed by atoms with Crippen LogP contribution in [-0.2, 0) is 9.47 Å². The minimum Gasteiger partial charge on any atom is -0.478 e. The first-order valence-electron chi connectivity index (χ1n) is 12.0. The lowest BCUT2D eigenvalue weighted by molar-refractivity contribution is 0.0520. The van der Waals surface area contributed by atoms with Gasteiger partial charge in [-0.05, 0) is 60.7 Å². The normalized spacial score (nSPS) is 13.2. The molecule has 0 bridgehead atoms. The van der Waals surface area contributed by atoms with E-state index in [4.69, 9.17) is 9.47 Å². The average Bonchev–Trinajstić information content (AvgIpc) is 3.18. The number of aromatic carboxylic acids is 1. The second kappa shape index (κ2) is 10.7. The third kappa shape index (κ3) is 6.27. The molecular formula is C29H30N2O6. The van der Waals surface area contributed by atoms with E-state index in [-0.39, 0.29) is 24.6 Å². The van der Waals surface area contributed by atoms with Crippen LogP contribution in [0.2, 0.25) is 0 Å². The predicted octanol–water partition coefficient (Wildman–Crippen LogP) is 5.49. The molecule has 3 aromatic rings. The molecule has 2 amide bonds. The molecule has 3 aromatic carbocycles. The summed E-state index contributed by atoms with van der Waals surface area (Å²) in [5, 5.41) is 14.6. The van der Waals surface area contributed by atoms with Gasteiger partial charge in [0.05, 0.1) is 11.6 Å². The third-order valence-corrected chi connectivity index (χ3v) is 6.05. The Morgan fingerprint density at radius 2 is 1.43 bits per heavy atom. The zero-order valence-electron chi connectivity index (χ0n) is 21.0. The highest BCUT2D eigenvalue weighted by atomic mass is 16.6. The Labute approximate surface area is 215 Å². The highest BCUT2D eigenvalue weighted by Crippen LogP contribution is 2.44. The zero-order valence-corrected chi connectivity index (χ0v) is 21.0. The molecule has 37 heavy (non-hydrogen) atoms. The van der Waals surface area contributed by atoms with E-state index < -0.39 is 29.8 Å². The van der Waals surface area contributed by atoms with Gasteiger partial charge in [-0.25, -0.2) is 14.4 Å². The first kappa shape index (κ1) is 25.8. The molecule has 1 unspecified atom stereocenters. The molecule has 0 aliphatic heterocycles. The molecule has 1 aliphatic carbocycles. The maximum absolute atomic E-state index is 12.9. The van der Waals surface area contributed by atoms with Crippen LogP contribution in [0.1, 0.15) is 59.8 Å². The number of hydrogen-bond acceptors (Lipinski definition) is 5. The van der Waals surface area contributed by atoms with E-state index >= 15 is 0 Å². The molecule has 0 saturated carbocycles. The SMILES string of the molecule is CC(C)(C)OC(=O)NCC(NC(=O)OCC1c2ccccc2-c2ccccc21)c1ccc(C(=O)O)cc1. The van der Waals surface area contributed by atoms with E-state index in [9.17, 15) is 19.5 Å². The Hall–Kier alpha value is -4.33. The first-order valence-corrected chi connectivity index (χ1v) is 12.0. The Balaban J connectivity index is 1.46. The first-order chi connectivity index (χ1) is 17.6. The van der Waals surface area contributed by atoms with Gasteiger partial charge in [-0.15, -0.1) is 0 Å². The Morgan fingerprint density at radius 3 is 1.97 bits per heavy atom. The van der Waals surface area contributed by atoms with E-state index in [1.165, 1.54) is 12.1 Å². The quantitative estimate of drug-likeness (QED) is 0.394. The molecule has 8 heteroatoms. The molecule has 0 radical (unpaired) electrons. The Morgan fingerprint density at radius 1 is 0.865 bits per heavy atom. The Kier molecular flexibility index (Phi) is 7.47. The van der Waals surface area contributed by atoms with Crippen molar-refractivity contribution in [2.75, 3.05) is 13.2 Å². The summed E-state index contributed by atoms with van der Waals surface area (Å²) >= 11 is 0. The predicted molar refractivity (Wildman–Crippen MR) is 139 cm³/mol. The number of carboxylic acid groups (broad SMARTS) is 1. The highest BCUT2D eigenvalue weighted by Gasteiger charge is 2.29. The molecule has 0 saturated heterocycles. The minimum absolute atomic E-state index is 0.0194. The summed E-state index contributed by atoms with van der Waals surface area (Å²) in [7, 11) is 0. The number of carbonyl (C=O) groups is 3. The molecule has 1 atom stereocenters. The number of hydrogen-bond donors (Lipinski definition) is 3. The van der Waals surface area contributed by atoms with E-state index in [1.807, 2.05) is 36.4 Å². The standard InChI is InChI=1S/C29H30N2O6/c1-29(2,3)37-27(34)30-16-25(18-12-14-19(15-13-18)26(32)33)31-28(35)36-17-24-22-10-6-4-8-20(22)21-9-5-7-11-23(21)24/h4-15,24-25H,16-17H2,1-3H3,(H,30,34)(H,31,35)(H,32,33). The lowest BCUT2D eigenvalue weighted by Gasteiger charge is -2.23. The van der Waals surface area contributed by atoms with Crippen LogP contribution in [0.4, 0.5) is 9.59 Å². The van der Waals surface area contributed by atoms with Gasteiger partial charge in [-0.1, -0.05) is 60.7 Å². The summed E-state index contributed by atoms with van der Waals surface area (Å²) in [5.41, 5.74) is 4.50. The van der Waals surface area contributed by atoms with Crippen LogP contribution in [0.5, 0.6) is 0 Å². The third-order valence-electron chi connectivity index (χ3n) is 6.05. The number of nitrogens with one attached hydrogen (secondary N) is 2. The van der Waals surface area contributed by atoms with Crippen LogP contribution in [0.3, 0.4) is 0 Å². The van der Waals surface area contributed by atoms with Gasteiger partial charge in [0.25, 0.3) is 0 Å². The summed E-state index contributed by atoms with van der Waals surface area (Å²) in [6.07, 6.45) is -1.28. The molecule has 3 N–H and O–H groups in total. The van der Waals surface area contributed by atoms with Gasteiger partial charge in [0, 0.05) is 12.5 Å². The van der Waals surface area contributed by atoms with Crippen molar-refractivity contribution in [1.29, 1.82) is 0 Å². The second-order valence-electron chi connectivity index (χ2n) is 9.83. The molecule has 8 nitrogen and oxygen atoms in total. The van der Waals surface area contributed by atoms with Gasteiger partial charge in [-0.2, -0.15) is 0 Å². The van der Waals surface area contributed by atoms with Gasteiger partial charge >= 0.3 is 18.2 Å². The summed E-state index contributed by atoms with van der Waals surface area (Å²) in [4.78, 5) is 36.3. The smallest absolute Gasteiger partial charge is 0.407 e. The lowest BCUT2D eigenvalue weighted by atomic mass is 9.98. The number of carboxylic acids is 1. The summed E-state index contributed by atoms with van der Waals surface area (Å²) in [6, 6.07) is 21.5. The van der Waals surface area contributed by atoms with Crippen molar-refractivity contribution in [3.63, 3.8) is 0 Å². The van der Waals surface area contributed by atoms with Crippen LogP contribution in [0.15, 0.2) is 72.8 Å². The fourth-order valence-corrected chi connectivity index (χ4v) is 4.39. The zero-order chi connectivity index (χ0) is 26.6. The monoisotopic (exact) mass is 502 g/mol. The van der Waals surface area contributed by atoms with Crippen molar-refractivity contribution < 1.29 is 29.0 Å². The maximum Gasteiger partial charge on any atom is 0.407 e. The molecule has 4 rings (SSSR count). The van der Waals surface area contributed by atoms with E-state index in [2.05, 4.69) is 22.8 Å². The molecule has 0 spiro atoms. The molecular weight excluding hydrogens is 472 g/mol. The number of alkyl carbamates (subject to hydrolysis) is 2. The van der Waals surface area contributed by atoms with Crippen LogP contribution < -0.4 is 10.6 Å². The van der Waals surface area contributed by atoms with E-state index in [1.54, 1.807) is 32.9 Å². The van der Waals surface area contributed by atoms with Gasteiger partial charge in [0.2, 0.25) is 0 Å². The van der Waals surface area contributed by atoms with Crippen LogP contribution in [0.25, 0.3) is 11.1 Å². The largest absolute Gasteiger partial charge is 0.478 e. The van der Waals surface area contributed by atoms with Crippen molar-refractivity contribution in [1.82, 2.24) is 10.6 Å². The fraction of sp³-hybridized carbons (Fsp3) is 0.276. The number of ether oxygens (including phenoxy) is 2. The minimum atomic E-state index is -1.06. The van der Waals surface area contributed by atoms with Crippen molar-refractivity contribution >= 4 is 18.2 Å². The van der Waals surface area contributed by atoms with E-state index in [0.29, 0.717) is 5.56 Å². The molecule has 192 valence electrons. The van der Waals surface area contributed by atoms with Crippen molar-refractivity contribution in [3.8, 4) is 11.1 Å². The average molecular weight is 503 g/mol. The molecule has 0 fully saturated rings. The van der Waals surface area contributed by atoms with Crippen LogP contribution >= 0.6 is 0 Å². The Bertz CT molecular complexity index is 1250. The summed E-state index contributed by atoms with van der Waals surface area (Å²) in [6.45, 7) is 5.42. The number of rotatable bonds is 7. The van der Waals surface area contributed by atoms with Crippen molar-refractivity contribution in [2.24, 2.45) is 0 Å². The van der Waals surface area contributed by atoms with Crippen molar-refractivity contribution in [3.05, 3.63) is 95.1 Å². The van der Waals surface area contributed by atoms with Gasteiger partial charge in [0.15, 0.2) is 0 Å². The number of carbonyl (C=O) groups excluding carboxylic acids is 2.